The first-order valence-electron chi connectivity index (χ1n) is 3.87. The maximum absolute atomic E-state index is 12.3. The molecular weight excluding hydrogens is 210 g/mol. The van der Waals surface area contributed by atoms with Crippen molar-refractivity contribution in [2.45, 2.75) is 19.8 Å². The van der Waals surface area contributed by atoms with Crippen molar-refractivity contribution in [3.8, 4) is 6.07 Å². The van der Waals surface area contributed by atoms with Gasteiger partial charge in [0.15, 0.2) is 0 Å². The van der Waals surface area contributed by atoms with E-state index in [-0.39, 0.29) is 17.3 Å². The van der Waals surface area contributed by atoms with Crippen molar-refractivity contribution < 1.29 is 8.78 Å². The second kappa shape index (κ2) is 4.34. The Labute approximate surface area is 85.1 Å². The van der Waals surface area contributed by atoms with E-state index in [0.717, 1.165) is 0 Å². The topological polar surface area (TPSA) is 36.7 Å². The maximum atomic E-state index is 12.3. The van der Waals surface area contributed by atoms with Crippen LogP contribution in [-0.2, 0) is 6.42 Å². The summed E-state index contributed by atoms with van der Waals surface area (Å²) in [7, 11) is 0. The van der Waals surface area contributed by atoms with Gasteiger partial charge in [-0.3, -0.25) is 0 Å². The molecule has 0 fully saturated rings. The summed E-state index contributed by atoms with van der Waals surface area (Å²) in [6, 6.07) is 3.10. The van der Waals surface area contributed by atoms with Gasteiger partial charge in [0.25, 0.3) is 6.43 Å². The molecule has 0 spiro atoms. The molecule has 0 amide bonds. The van der Waals surface area contributed by atoms with Gasteiger partial charge >= 0.3 is 0 Å². The van der Waals surface area contributed by atoms with Crippen LogP contribution in [0.5, 0.6) is 0 Å². The molecular formula is C9H7ClF2N2. The zero-order valence-electron chi connectivity index (χ0n) is 7.39. The fraction of sp³-hybridized carbons (Fsp3) is 0.333. The molecule has 5 heteroatoms. The van der Waals surface area contributed by atoms with Crippen molar-refractivity contribution in [2.75, 3.05) is 0 Å². The molecule has 1 rings (SSSR count). The van der Waals surface area contributed by atoms with Crippen molar-refractivity contribution in [3.63, 3.8) is 0 Å². The highest BCUT2D eigenvalue weighted by Crippen LogP contribution is 2.24. The van der Waals surface area contributed by atoms with Crippen LogP contribution in [0.4, 0.5) is 8.78 Å². The molecule has 0 aliphatic heterocycles. The van der Waals surface area contributed by atoms with E-state index in [4.69, 9.17) is 16.9 Å². The average Bonchev–Trinajstić information content (AvgIpc) is 2.12. The molecule has 0 bridgehead atoms. The summed E-state index contributed by atoms with van der Waals surface area (Å²) >= 11 is 5.64. The van der Waals surface area contributed by atoms with E-state index >= 15 is 0 Å². The smallest absolute Gasteiger partial charge is 0.235 e. The second-order valence-electron chi connectivity index (χ2n) is 2.76. The lowest BCUT2D eigenvalue weighted by Gasteiger charge is -2.06. The van der Waals surface area contributed by atoms with Gasteiger partial charge in [-0.25, -0.2) is 13.8 Å². The Morgan fingerprint density at radius 2 is 2.29 bits per heavy atom. The predicted octanol–water partition coefficient (Wildman–Crippen LogP) is 3.05. The van der Waals surface area contributed by atoms with Gasteiger partial charge in [-0.05, 0) is 24.1 Å². The van der Waals surface area contributed by atoms with Crippen LogP contribution >= 0.6 is 11.6 Å². The number of alkyl halides is 2. The van der Waals surface area contributed by atoms with Crippen molar-refractivity contribution in [2.24, 2.45) is 0 Å². The fourth-order valence-electron chi connectivity index (χ4n) is 1.03. The Morgan fingerprint density at radius 1 is 1.64 bits per heavy atom. The first-order chi connectivity index (χ1) is 6.56. The van der Waals surface area contributed by atoms with Crippen LogP contribution in [-0.4, -0.2) is 4.98 Å². The maximum Gasteiger partial charge on any atom is 0.280 e. The molecule has 0 aromatic carbocycles. The summed E-state index contributed by atoms with van der Waals surface area (Å²) in [4.78, 5) is 3.52. The lowest BCUT2D eigenvalue weighted by atomic mass is 10.1. The molecule has 1 aromatic rings. The van der Waals surface area contributed by atoms with Gasteiger partial charge in [0.2, 0.25) is 0 Å². The molecule has 74 valence electrons. The Bertz CT molecular complexity index is 385. The van der Waals surface area contributed by atoms with Crippen molar-refractivity contribution in [1.82, 2.24) is 4.98 Å². The number of halogens is 3. The summed E-state index contributed by atoms with van der Waals surface area (Å²) in [5, 5.41) is 8.50. The second-order valence-corrected chi connectivity index (χ2v) is 3.12. The van der Waals surface area contributed by atoms with Gasteiger partial charge in [-0.2, -0.15) is 5.26 Å². The Balaban J connectivity index is 3.22. The van der Waals surface area contributed by atoms with Crippen LogP contribution in [0, 0.1) is 18.3 Å². The van der Waals surface area contributed by atoms with E-state index in [0.29, 0.717) is 11.1 Å². The number of pyridine rings is 1. The molecule has 0 aliphatic rings. The number of rotatable bonds is 2. The Morgan fingerprint density at radius 3 is 2.79 bits per heavy atom. The van der Waals surface area contributed by atoms with Gasteiger partial charge in [0.1, 0.15) is 10.8 Å². The molecule has 1 aromatic heterocycles. The molecule has 0 N–H and O–H groups in total. The minimum absolute atomic E-state index is 0.0352. The molecule has 1 heterocycles. The highest BCUT2D eigenvalue weighted by Gasteiger charge is 2.13. The monoisotopic (exact) mass is 216 g/mol. The van der Waals surface area contributed by atoms with Gasteiger partial charge in [-0.15, -0.1) is 0 Å². The third-order valence-electron chi connectivity index (χ3n) is 1.83. The van der Waals surface area contributed by atoms with Crippen LogP contribution in [0.3, 0.4) is 0 Å². The van der Waals surface area contributed by atoms with Crippen molar-refractivity contribution in [3.05, 3.63) is 28.0 Å². The van der Waals surface area contributed by atoms with E-state index in [1.54, 1.807) is 6.92 Å². The largest absolute Gasteiger partial charge is 0.280 e. The SMILES string of the molecule is Cc1c(CC#N)cc(C(F)F)nc1Cl. The van der Waals surface area contributed by atoms with Crippen molar-refractivity contribution >= 4 is 11.6 Å². The quantitative estimate of drug-likeness (QED) is 0.713. The molecule has 0 atom stereocenters. The van der Waals surface area contributed by atoms with E-state index < -0.39 is 6.43 Å². The zero-order chi connectivity index (χ0) is 10.7. The molecule has 0 saturated heterocycles. The minimum atomic E-state index is -2.66. The molecule has 0 aliphatic carbocycles. The average molecular weight is 217 g/mol. The van der Waals surface area contributed by atoms with Gasteiger partial charge in [0.05, 0.1) is 12.5 Å². The first-order valence-corrected chi connectivity index (χ1v) is 4.25. The van der Waals surface area contributed by atoms with Gasteiger partial charge in [-0.1, -0.05) is 11.6 Å². The lowest BCUT2D eigenvalue weighted by molar-refractivity contribution is 0.146. The first kappa shape index (κ1) is 10.9. The molecule has 2 nitrogen and oxygen atoms in total. The van der Waals surface area contributed by atoms with Crippen LogP contribution in [0.25, 0.3) is 0 Å². The van der Waals surface area contributed by atoms with Crippen LogP contribution in [0.1, 0.15) is 23.2 Å². The normalized spacial score (nSPS) is 10.3. The van der Waals surface area contributed by atoms with Crippen LogP contribution < -0.4 is 0 Å². The van der Waals surface area contributed by atoms with E-state index in [1.165, 1.54) is 6.07 Å². The summed E-state index contributed by atoms with van der Waals surface area (Å²) in [6.07, 6.45) is -2.60. The van der Waals surface area contributed by atoms with Gasteiger partial charge in [0, 0.05) is 0 Å². The molecule has 14 heavy (non-hydrogen) atoms. The highest BCUT2D eigenvalue weighted by molar-refractivity contribution is 6.30. The summed E-state index contributed by atoms with van der Waals surface area (Å²) < 4.78 is 24.6. The van der Waals surface area contributed by atoms with E-state index in [2.05, 4.69) is 4.98 Å². The molecule has 0 saturated carbocycles. The van der Waals surface area contributed by atoms with Crippen LogP contribution in [0.2, 0.25) is 5.15 Å². The number of aromatic nitrogens is 1. The highest BCUT2D eigenvalue weighted by atomic mass is 35.5. The lowest BCUT2D eigenvalue weighted by Crippen LogP contribution is -1.98. The van der Waals surface area contributed by atoms with E-state index in [1.807, 2.05) is 6.07 Å². The Hall–Kier alpha value is -1.21. The number of nitrogens with zero attached hydrogens (tertiary/aromatic N) is 2. The van der Waals surface area contributed by atoms with Crippen LogP contribution in [0.15, 0.2) is 6.07 Å². The fourth-order valence-corrected chi connectivity index (χ4v) is 1.25. The number of hydrogen-bond donors (Lipinski definition) is 0. The van der Waals surface area contributed by atoms with E-state index in [9.17, 15) is 8.78 Å². The molecule has 0 unspecified atom stereocenters. The standard InChI is InChI=1S/C9H7ClF2N2/c1-5-6(2-3-13)4-7(9(11)12)14-8(5)10/h4,9H,2H2,1H3. The number of hydrogen-bond acceptors (Lipinski definition) is 2. The third kappa shape index (κ3) is 2.18. The predicted molar refractivity (Wildman–Crippen MR) is 48.3 cm³/mol. The van der Waals surface area contributed by atoms with Crippen molar-refractivity contribution in [1.29, 1.82) is 5.26 Å². The Kier molecular flexibility index (Phi) is 3.37. The molecule has 0 radical (unpaired) electrons. The third-order valence-corrected chi connectivity index (χ3v) is 2.20. The minimum Gasteiger partial charge on any atom is -0.235 e. The summed E-state index contributed by atoms with van der Waals surface area (Å²) in [5.74, 6) is 0. The summed E-state index contributed by atoms with van der Waals surface area (Å²) in [6.45, 7) is 1.65. The zero-order valence-corrected chi connectivity index (χ0v) is 8.15. The number of nitriles is 1. The van der Waals surface area contributed by atoms with Gasteiger partial charge < -0.3 is 0 Å². The summed E-state index contributed by atoms with van der Waals surface area (Å²) in [5.41, 5.74) is 0.700.